The first-order valence-electron chi connectivity index (χ1n) is 8.28. The van der Waals surface area contributed by atoms with Gasteiger partial charge in [-0.15, -0.1) is 0 Å². The second-order valence-corrected chi connectivity index (χ2v) is 6.44. The van der Waals surface area contributed by atoms with Gasteiger partial charge in [-0.2, -0.15) is 5.10 Å². The average Bonchev–Trinajstić information content (AvgIpc) is 3.07. The Morgan fingerprint density at radius 3 is 2.72 bits per heavy atom. The van der Waals surface area contributed by atoms with Crippen LogP contribution in [0.2, 0.25) is 0 Å². The number of H-pyrrole nitrogens is 1. The Morgan fingerprint density at radius 2 is 2.12 bits per heavy atom. The largest absolute Gasteiger partial charge is 0.368 e. The van der Waals surface area contributed by atoms with Crippen LogP contribution in [0.15, 0.2) is 24.3 Å². The molecular formula is C17H22FN5O2. The van der Waals surface area contributed by atoms with Crippen molar-refractivity contribution in [1.29, 1.82) is 0 Å². The number of ether oxygens (including phenoxy) is 1. The Bertz CT molecular complexity index is 731. The minimum absolute atomic E-state index is 0.210. The van der Waals surface area contributed by atoms with Crippen molar-refractivity contribution in [3.05, 3.63) is 47.3 Å². The Morgan fingerprint density at radius 1 is 1.40 bits per heavy atom. The Labute approximate surface area is 145 Å². The fraction of sp³-hybridized carbons (Fsp3) is 0.471. The van der Waals surface area contributed by atoms with Crippen molar-refractivity contribution in [2.24, 2.45) is 5.73 Å². The predicted octanol–water partition coefficient (Wildman–Crippen LogP) is 1.67. The van der Waals surface area contributed by atoms with Gasteiger partial charge in [-0.3, -0.25) is 14.8 Å². The van der Waals surface area contributed by atoms with Crippen LogP contribution in [0.4, 0.5) is 4.39 Å². The van der Waals surface area contributed by atoms with Gasteiger partial charge in [-0.25, -0.2) is 9.37 Å². The minimum atomic E-state index is -0.639. The summed E-state index contributed by atoms with van der Waals surface area (Å²) >= 11 is 0. The highest BCUT2D eigenvalue weighted by Crippen LogP contribution is 2.28. The third-order valence-electron chi connectivity index (χ3n) is 4.26. The maximum atomic E-state index is 13.2. The highest BCUT2D eigenvalue weighted by molar-refractivity contribution is 5.81. The molecule has 7 nitrogen and oxygen atoms in total. The normalized spacial score (nSPS) is 19.9. The third-order valence-corrected chi connectivity index (χ3v) is 4.26. The fourth-order valence-corrected chi connectivity index (χ4v) is 2.96. The van der Waals surface area contributed by atoms with Crippen LogP contribution in [0.25, 0.3) is 0 Å². The van der Waals surface area contributed by atoms with Gasteiger partial charge < -0.3 is 10.5 Å². The molecule has 2 aromatic rings. The first-order valence-corrected chi connectivity index (χ1v) is 8.28. The fourth-order valence-electron chi connectivity index (χ4n) is 2.96. The summed E-state index contributed by atoms with van der Waals surface area (Å²) in [7, 11) is 0. The van der Waals surface area contributed by atoms with Gasteiger partial charge in [0.2, 0.25) is 5.91 Å². The monoisotopic (exact) mass is 347 g/mol. The molecule has 2 atom stereocenters. The molecule has 1 aliphatic rings. The second-order valence-electron chi connectivity index (χ2n) is 6.44. The van der Waals surface area contributed by atoms with Crippen molar-refractivity contribution in [3.8, 4) is 0 Å². The van der Waals surface area contributed by atoms with Crippen molar-refractivity contribution in [3.63, 3.8) is 0 Å². The number of halogens is 1. The molecule has 1 aromatic carbocycles. The molecule has 8 heteroatoms. The van der Waals surface area contributed by atoms with E-state index >= 15 is 0 Å². The summed E-state index contributed by atoms with van der Waals surface area (Å²) in [5.41, 5.74) is 6.28. The number of hydrogen-bond donors (Lipinski definition) is 2. The topological polar surface area (TPSA) is 97.1 Å². The number of nitrogens with zero attached hydrogens (tertiary/aromatic N) is 3. The van der Waals surface area contributed by atoms with Gasteiger partial charge in [-0.05, 0) is 17.7 Å². The van der Waals surface area contributed by atoms with Crippen LogP contribution in [0, 0.1) is 5.82 Å². The van der Waals surface area contributed by atoms with Crippen LogP contribution < -0.4 is 5.73 Å². The van der Waals surface area contributed by atoms with E-state index in [1.807, 2.05) is 18.7 Å². The van der Waals surface area contributed by atoms with E-state index < -0.39 is 11.9 Å². The molecule has 1 amide bonds. The quantitative estimate of drug-likeness (QED) is 0.857. The van der Waals surface area contributed by atoms with E-state index in [0.717, 1.165) is 5.82 Å². The first kappa shape index (κ1) is 17.5. The van der Waals surface area contributed by atoms with Crippen molar-refractivity contribution in [2.45, 2.75) is 31.9 Å². The van der Waals surface area contributed by atoms with E-state index in [4.69, 9.17) is 10.5 Å². The van der Waals surface area contributed by atoms with Gasteiger partial charge in [0.15, 0.2) is 11.6 Å². The standard InChI is InChI=1S/C17H22FN5O2/c1-10(2)16-20-17(22-21-16)13-9-23(7-8-25-13)14(15(19)24)11-3-5-12(18)6-4-11/h3-6,10,13-14H,7-9H2,1-2H3,(H2,19,24)(H,20,21,22). The van der Waals surface area contributed by atoms with Gasteiger partial charge in [0.1, 0.15) is 18.0 Å². The zero-order chi connectivity index (χ0) is 18.0. The maximum absolute atomic E-state index is 13.2. The van der Waals surface area contributed by atoms with Crippen LogP contribution >= 0.6 is 0 Å². The summed E-state index contributed by atoms with van der Waals surface area (Å²) in [6.45, 7) is 5.45. The van der Waals surface area contributed by atoms with Crippen LogP contribution in [-0.2, 0) is 9.53 Å². The molecule has 25 heavy (non-hydrogen) atoms. The van der Waals surface area contributed by atoms with Crippen LogP contribution in [0.1, 0.15) is 49.1 Å². The minimum Gasteiger partial charge on any atom is -0.368 e. The van der Waals surface area contributed by atoms with Crippen LogP contribution in [0.5, 0.6) is 0 Å². The Kier molecular flexibility index (Phi) is 5.10. The molecule has 0 spiro atoms. The van der Waals surface area contributed by atoms with E-state index in [2.05, 4.69) is 15.2 Å². The highest BCUT2D eigenvalue weighted by Gasteiger charge is 2.33. The number of benzene rings is 1. The highest BCUT2D eigenvalue weighted by atomic mass is 19.1. The number of primary amides is 1. The number of aromatic amines is 1. The number of carbonyl (C=O) groups excluding carboxylic acids is 1. The summed E-state index contributed by atoms with van der Waals surface area (Å²) in [6.07, 6.45) is -0.323. The van der Waals surface area contributed by atoms with Gasteiger partial charge in [0, 0.05) is 19.0 Å². The van der Waals surface area contributed by atoms with Gasteiger partial charge in [0.05, 0.1) is 6.61 Å². The number of amides is 1. The summed E-state index contributed by atoms with van der Waals surface area (Å²) in [5.74, 6) is 0.737. The van der Waals surface area contributed by atoms with Crippen molar-refractivity contribution in [1.82, 2.24) is 20.1 Å². The number of morpholine rings is 1. The van der Waals surface area contributed by atoms with Gasteiger partial charge in [-0.1, -0.05) is 26.0 Å². The van der Waals surface area contributed by atoms with Crippen molar-refractivity contribution < 1.29 is 13.9 Å². The van der Waals surface area contributed by atoms with E-state index in [1.165, 1.54) is 12.1 Å². The lowest BCUT2D eigenvalue weighted by Crippen LogP contribution is -2.45. The number of nitrogens with one attached hydrogen (secondary N) is 1. The van der Waals surface area contributed by atoms with Gasteiger partial charge >= 0.3 is 0 Å². The molecule has 1 aromatic heterocycles. The summed E-state index contributed by atoms with van der Waals surface area (Å²) in [4.78, 5) is 18.4. The molecule has 2 unspecified atom stereocenters. The van der Waals surface area contributed by atoms with E-state index in [1.54, 1.807) is 12.1 Å². The molecule has 0 saturated carbocycles. The Hall–Kier alpha value is -2.32. The molecule has 2 heterocycles. The predicted molar refractivity (Wildman–Crippen MR) is 89.1 cm³/mol. The Balaban J connectivity index is 1.80. The van der Waals surface area contributed by atoms with Crippen LogP contribution in [0.3, 0.4) is 0 Å². The third kappa shape index (κ3) is 3.85. The molecule has 0 bridgehead atoms. The lowest BCUT2D eigenvalue weighted by Gasteiger charge is -2.36. The van der Waals surface area contributed by atoms with Crippen molar-refractivity contribution in [2.75, 3.05) is 19.7 Å². The SMILES string of the molecule is CC(C)c1n[nH]c(C2CN(C(C(N)=O)c3ccc(F)cc3)CCO2)n1. The first-order chi connectivity index (χ1) is 12.0. The zero-order valence-electron chi connectivity index (χ0n) is 14.3. The van der Waals surface area contributed by atoms with E-state index in [9.17, 15) is 9.18 Å². The lowest BCUT2D eigenvalue weighted by atomic mass is 10.0. The van der Waals surface area contributed by atoms with Crippen LogP contribution in [-0.4, -0.2) is 45.7 Å². The number of hydrogen-bond acceptors (Lipinski definition) is 5. The van der Waals surface area contributed by atoms with E-state index in [-0.39, 0.29) is 17.8 Å². The molecular weight excluding hydrogens is 325 g/mol. The molecule has 134 valence electrons. The van der Waals surface area contributed by atoms with Crippen molar-refractivity contribution >= 4 is 5.91 Å². The average molecular weight is 347 g/mol. The zero-order valence-corrected chi connectivity index (χ0v) is 14.3. The molecule has 1 fully saturated rings. The molecule has 3 N–H and O–H groups in total. The number of rotatable bonds is 5. The summed E-state index contributed by atoms with van der Waals surface area (Å²) in [6, 6.07) is 5.18. The summed E-state index contributed by atoms with van der Waals surface area (Å²) in [5, 5.41) is 7.11. The summed E-state index contributed by atoms with van der Waals surface area (Å²) < 4.78 is 19.0. The molecule has 1 saturated heterocycles. The molecule has 0 radical (unpaired) electrons. The molecule has 3 rings (SSSR count). The molecule has 1 aliphatic heterocycles. The smallest absolute Gasteiger partial charge is 0.239 e. The molecule has 0 aliphatic carbocycles. The number of carbonyl (C=O) groups is 1. The van der Waals surface area contributed by atoms with E-state index in [0.29, 0.717) is 31.1 Å². The number of nitrogens with two attached hydrogens (primary N) is 1. The lowest BCUT2D eigenvalue weighted by molar-refractivity contribution is -0.127. The number of aromatic nitrogens is 3. The van der Waals surface area contributed by atoms with Gasteiger partial charge in [0.25, 0.3) is 0 Å². The maximum Gasteiger partial charge on any atom is 0.239 e. The second kappa shape index (κ2) is 7.28.